The molecule has 0 radical (unpaired) electrons. The van der Waals surface area contributed by atoms with Crippen LogP contribution in [0.5, 0.6) is 0 Å². The van der Waals surface area contributed by atoms with Crippen LogP contribution in [0.4, 0.5) is 15.8 Å². The Hall–Kier alpha value is -3.26. The number of para-hydroxylation sites is 1. The molecule has 3 N–H and O–H groups in total. The highest BCUT2D eigenvalue weighted by molar-refractivity contribution is 6.04. The molecule has 2 aromatic heterocycles. The molecule has 1 amide bonds. The molecule has 1 aromatic carbocycles. The number of aromatic amines is 1. The highest BCUT2D eigenvalue weighted by atomic mass is 19.1. The second-order valence-corrected chi connectivity index (χ2v) is 8.00. The number of aromatic nitrogens is 3. The minimum absolute atomic E-state index is 0.178. The number of hydrogen-bond donors (Lipinski definition) is 3. The summed E-state index contributed by atoms with van der Waals surface area (Å²) in [5.74, 6) is 0.486. The molecule has 0 aliphatic carbocycles. The number of nitrogens with one attached hydrogen (secondary N) is 3. The quantitative estimate of drug-likeness (QED) is 0.620. The summed E-state index contributed by atoms with van der Waals surface area (Å²) in [6.07, 6.45) is 3.33. The van der Waals surface area contributed by atoms with Crippen molar-refractivity contribution in [3.63, 3.8) is 0 Å². The Morgan fingerprint density at radius 3 is 2.77 bits per heavy atom. The third kappa shape index (κ3) is 3.43. The zero-order valence-electron chi connectivity index (χ0n) is 16.7. The van der Waals surface area contributed by atoms with E-state index in [0.29, 0.717) is 23.2 Å². The predicted molar refractivity (Wildman–Crippen MR) is 113 cm³/mol. The van der Waals surface area contributed by atoms with Gasteiger partial charge in [-0.1, -0.05) is 6.07 Å². The van der Waals surface area contributed by atoms with Crippen LogP contribution in [0.2, 0.25) is 0 Å². The number of imidazole rings is 1. The van der Waals surface area contributed by atoms with Gasteiger partial charge in [0.25, 0.3) is 5.91 Å². The molecule has 0 spiro atoms. The van der Waals surface area contributed by atoms with Crippen LogP contribution in [0.1, 0.15) is 16.3 Å². The van der Waals surface area contributed by atoms with E-state index in [0.717, 1.165) is 43.1 Å². The number of hydrogen-bond acceptors (Lipinski definition) is 5. The molecular formula is C22H23FN6O. The van der Waals surface area contributed by atoms with Crippen LogP contribution in [0, 0.1) is 24.6 Å². The molecule has 3 aromatic rings. The largest absolute Gasteiger partial charge is 0.367 e. The Balaban J connectivity index is 1.37. The lowest BCUT2D eigenvalue weighted by atomic mass is 10.0. The summed E-state index contributed by atoms with van der Waals surface area (Å²) in [5, 5.41) is 6.24. The van der Waals surface area contributed by atoms with Crippen LogP contribution >= 0.6 is 0 Å². The van der Waals surface area contributed by atoms with Crippen LogP contribution in [0.15, 0.2) is 42.7 Å². The van der Waals surface area contributed by atoms with Gasteiger partial charge in [0.05, 0.1) is 23.3 Å². The monoisotopic (exact) mass is 406 g/mol. The van der Waals surface area contributed by atoms with E-state index in [9.17, 15) is 9.18 Å². The fraction of sp³-hybridized carbons (Fsp3) is 0.318. The van der Waals surface area contributed by atoms with Gasteiger partial charge in [0, 0.05) is 43.6 Å². The topological polar surface area (TPSA) is 85.9 Å². The summed E-state index contributed by atoms with van der Waals surface area (Å²) in [5.41, 5.74) is 3.42. The number of fused-ring (bicyclic) bond motifs is 1. The van der Waals surface area contributed by atoms with E-state index in [4.69, 9.17) is 0 Å². The van der Waals surface area contributed by atoms with Crippen LogP contribution in [0.25, 0.3) is 11.3 Å². The van der Waals surface area contributed by atoms with Crippen LogP contribution in [0.3, 0.4) is 0 Å². The number of pyridine rings is 1. The predicted octanol–water partition coefficient (Wildman–Crippen LogP) is 2.83. The molecule has 2 aliphatic rings. The Morgan fingerprint density at radius 1 is 1.20 bits per heavy atom. The molecule has 2 fully saturated rings. The van der Waals surface area contributed by atoms with E-state index in [1.54, 1.807) is 24.5 Å². The van der Waals surface area contributed by atoms with Crippen LogP contribution in [-0.4, -0.2) is 47.0 Å². The van der Waals surface area contributed by atoms with E-state index in [1.807, 2.05) is 19.1 Å². The zero-order valence-corrected chi connectivity index (χ0v) is 16.7. The number of H-pyrrole nitrogens is 1. The average molecular weight is 406 g/mol. The van der Waals surface area contributed by atoms with Gasteiger partial charge in [-0.2, -0.15) is 0 Å². The molecule has 2 unspecified atom stereocenters. The third-order valence-corrected chi connectivity index (χ3v) is 5.94. The lowest BCUT2D eigenvalue weighted by Gasteiger charge is -2.23. The maximum atomic E-state index is 14.8. The Morgan fingerprint density at radius 2 is 2.00 bits per heavy atom. The molecule has 7 nitrogen and oxygen atoms in total. The fourth-order valence-corrected chi connectivity index (χ4v) is 4.45. The van der Waals surface area contributed by atoms with Crippen molar-refractivity contribution in [3.8, 4) is 11.3 Å². The van der Waals surface area contributed by atoms with Crippen molar-refractivity contribution in [1.29, 1.82) is 0 Å². The molecule has 5 rings (SSSR count). The normalized spacial score (nSPS) is 20.4. The van der Waals surface area contributed by atoms with Crippen LogP contribution in [-0.2, 0) is 0 Å². The second-order valence-electron chi connectivity index (χ2n) is 8.00. The number of halogens is 1. The molecule has 2 aliphatic heterocycles. The van der Waals surface area contributed by atoms with Crippen LogP contribution < -0.4 is 15.5 Å². The number of aryl methyl sites for hydroxylation is 1. The van der Waals surface area contributed by atoms with Crippen molar-refractivity contribution in [2.24, 2.45) is 11.8 Å². The first kappa shape index (κ1) is 18.7. The van der Waals surface area contributed by atoms with Gasteiger partial charge >= 0.3 is 0 Å². The van der Waals surface area contributed by atoms with E-state index in [-0.39, 0.29) is 11.6 Å². The highest BCUT2D eigenvalue weighted by Gasteiger charge is 2.37. The summed E-state index contributed by atoms with van der Waals surface area (Å²) >= 11 is 0. The molecule has 30 heavy (non-hydrogen) atoms. The van der Waals surface area contributed by atoms with Crippen molar-refractivity contribution in [3.05, 3.63) is 60.1 Å². The Kier molecular flexibility index (Phi) is 4.71. The van der Waals surface area contributed by atoms with Crippen molar-refractivity contribution in [1.82, 2.24) is 20.3 Å². The van der Waals surface area contributed by atoms with E-state index in [1.165, 1.54) is 6.07 Å². The average Bonchev–Trinajstić information content (AvgIpc) is 3.44. The molecule has 0 saturated carbocycles. The fourth-order valence-electron chi connectivity index (χ4n) is 4.45. The van der Waals surface area contributed by atoms with Crippen molar-refractivity contribution >= 4 is 17.3 Å². The van der Waals surface area contributed by atoms with Gasteiger partial charge in [-0.15, -0.1) is 0 Å². The lowest BCUT2D eigenvalue weighted by molar-refractivity contribution is 0.101. The van der Waals surface area contributed by atoms with E-state index < -0.39 is 5.91 Å². The standard InChI is InChI=1S/C22H23FN6O/c1-13-7-14(5-6-25-13)19-10-26-21(27-19)22(30)28-18-4-2-3-17(23)20(18)29-11-15-8-24-9-16(15)12-29/h2-7,10,15-16,24H,8-9,11-12H2,1H3,(H,26,27)(H,28,30). The first-order valence-electron chi connectivity index (χ1n) is 10.1. The second kappa shape index (κ2) is 7.53. The molecule has 8 heteroatoms. The summed E-state index contributed by atoms with van der Waals surface area (Å²) in [7, 11) is 0. The Labute approximate surface area is 173 Å². The van der Waals surface area contributed by atoms with Gasteiger partial charge in [-0.25, -0.2) is 9.37 Å². The molecule has 0 bridgehead atoms. The maximum absolute atomic E-state index is 14.8. The van der Waals surface area contributed by atoms with Crippen molar-refractivity contribution in [2.75, 3.05) is 36.4 Å². The number of amides is 1. The molecule has 4 heterocycles. The first-order valence-corrected chi connectivity index (χ1v) is 10.1. The van der Waals surface area contributed by atoms with Gasteiger partial charge in [0.15, 0.2) is 5.82 Å². The first-order chi connectivity index (χ1) is 14.6. The Bertz CT molecular complexity index is 1080. The summed E-state index contributed by atoms with van der Waals surface area (Å²) in [4.78, 5) is 26.3. The highest BCUT2D eigenvalue weighted by Crippen LogP contribution is 2.36. The third-order valence-electron chi connectivity index (χ3n) is 5.94. The van der Waals surface area contributed by atoms with E-state index >= 15 is 0 Å². The van der Waals surface area contributed by atoms with Crippen molar-refractivity contribution < 1.29 is 9.18 Å². The minimum atomic E-state index is -0.403. The number of benzene rings is 1. The van der Waals surface area contributed by atoms with Crippen molar-refractivity contribution in [2.45, 2.75) is 6.92 Å². The van der Waals surface area contributed by atoms with Gasteiger partial charge in [0.2, 0.25) is 0 Å². The zero-order chi connectivity index (χ0) is 20.7. The van der Waals surface area contributed by atoms with E-state index in [2.05, 4.69) is 30.5 Å². The molecule has 2 atom stereocenters. The molecular weight excluding hydrogens is 383 g/mol. The lowest BCUT2D eigenvalue weighted by Crippen LogP contribution is -2.27. The van der Waals surface area contributed by atoms with Gasteiger partial charge in [0.1, 0.15) is 5.82 Å². The number of carbonyl (C=O) groups is 1. The molecule has 2 saturated heterocycles. The SMILES string of the molecule is Cc1cc(-c2cnc(C(=O)Nc3cccc(F)c3N3CC4CNCC4C3)[nH]2)ccn1. The van der Waals surface area contributed by atoms with Gasteiger partial charge in [-0.3, -0.25) is 9.78 Å². The maximum Gasteiger partial charge on any atom is 0.291 e. The summed E-state index contributed by atoms with van der Waals surface area (Å²) < 4.78 is 14.8. The number of carbonyl (C=O) groups excluding carboxylic acids is 1. The number of nitrogens with zero attached hydrogens (tertiary/aromatic N) is 3. The number of anilines is 2. The molecule has 154 valence electrons. The van der Waals surface area contributed by atoms with Gasteiger partial charge < -0.3 is 20.5 Å². The van der Waals surface area contributed by atoms with Gasteiger partial charge in [-0.05, 0) is 43.0 Å². The number of rotatable bonds is 4. The minimum Gasteiger partial charge on any atom is -0.367 e. The smallest absolute Gasteiger partial charge is 0.291 e. The summed E-state index contributed by atoms with van der Waals surface area (Å²) in [6.45, 7) is 5.39. The summed E-state index contributed by atoms with van der Waals surface area (Å²) in [6, 6.07) is 8.55.